The van der Waals surface area contributed by atoms with Crippen LogP contribution in [0.2, 0.25) is 0 Å². The molecule has 0 amide bonds. The zero-order chi connectivity index (χ0) is 57.5. The molecule has 0 aliphatic rings. The third kappa shape index (κ3) is 51.5. The number of ether oxygens (including phenoxy) is 6. The Balaban J connectivity index is 5.87. The van der Waals surface area contributed by atoms with Crippen LogP contribution in [0.25, 0.3) is 0 Å². The molecule has 0 saturated heterocycles. The summed E-state index contributed by atoms with van der Waals surface area (Å²) in [5, 5.41) is 0. The molecule has 0 saturated carbocycles. The fourth-order valence-electron chi connectivity index (χ4n) is 5.26. The summed E-state index contributed by atoms with van der Waals surface area (Å²) in [6.45, 7) is 12.5. The van der Waals surface area contributed by atoms with Crippen molar-refractivity contribution in [1.82, 2.24) is 0 Å². The van der Waals surface area contributed by atoms with E-state index >= 15 is 0 Å². The third-order valence-corrected chi connectivity index (χ3v) is 22.9. The predicted molar refractivity (Wildman–Crippen MR) is 291 cm³/mol. The molecule has 0 heterocycles. The molecule has 0 radical (unpaired) electrons. The summed E-state index contributed by atoms with van der Waals surface area (Å²) in [5.41, 5.74) is 0. The molecule has 0 aliphatic heterocycles. The van der Waals surface area contributed by atoms with Gasteiger partial charge < -0.3 is 0 Å². The summed E-state index contributed by atoms with van der Waals surface area (Å²) < 4.78 is 104. The van der Waals surface area contributed by atoms with Crippen molar-refractivity contribution < 1.29 is 111 Å². The predicted octanol–water partition coefficient (Wildman–Crippen LogP) is 7.80. The normalized spacial score (nSPS) is 12.0. The first-order valence-electron chi connectivity index (χ1n) is 25.6. The van der Waals surface area contributed by atoms with Gasteiger partial charge in [0.15, 0.2) is 0 Å². The monoisotopic (exact) mass is 1450 g/mol. The molecule has 24 nitrogen and oxygen atoms in total. The fraction of sp³-hybridized carbons (Fsp3) is 0.867. The van der Waals surface area contributed by atoms with Gasteiger partial charge in [-0.1, -0.05) is 0 Å². The molecule has 0 aromatic rings. The standard InChI is InChI=1S/C45H84O24P4Se4/c1-40(46)52-22-7-13-28-58-70(74,59-29-14-8-23-53-41(2)47)64-34-19-37-67-73(77,68-38-20-35-65-71(75,60-30-15-9-24-54-42(3)48)61-31-16-10-25-55-43(4)49)69-39-21-36-66-72(76,62-32-17-11-26-56-44(5)50)63-33-18-12-27-57-45(6)51/h7-39H2,1-6H3. The first-order valence-corrected chi connectivity index (χ1v) is 40.6. The number of hydrogen-bond donors (Lipinski definition) is 0. The second kappa shape index (κ2) is 49.6. The quantitative estimate of drug-likeness (QED) is 0.0185. The van der Waals surface area contributed by atoms with E-state index in [1.54, 1.807) is 0 Å². The van der Waals surface area contributed by atoms with Gasteiger partial charge in [0.1, 0.15) is 0 Å². The van der Waals surface area contributed by atoms with Crippen LogP contribution in [-0.4, -0.2) is 215 Å². The number of esters is 6. The second-order valence-corrected chi connectivity index (χ2v) is 34.1. The minimum absolute atomic E-state index is 0.156. The summed E-state index contributed by atoms with van der Waals surface area (Å²) >= 11 is 11.9. The summed E-state index contributed by atoms with van der Waals surface area (Å²) in [6, 6.07) is 0. The Bertz CT molecular complexity index is 1550. The summed E-state index contributed by atoms with van der Waals surface area (Å²) in [4.78, 5) is 67.0. The van der Waals surface area contributed by atoms with E-state index in [1.165, 1.54) is 41.5 Å². The Kier molecular flexibility index (Phi) is 49.6. The second-order valence-electron chi connectivity index (χ2n) is 16.1. The maximum atomic E-state index is 11.2. The number of unbranched alkanes of at least 4 members (excludes halogenated alkanes) is 6. The van der Waals surface area contributed by atoms with Crippen LogP contribution in [0.4, 0.5) is 0 Å². The van der Waals surface area contributed by atoms with E-state index in [0.29, 0.717) is 136 Å². The van der Waals surface area contributed by atoms with Crippen molar-refractivity contribution in [3.63, 3.8) is 0 Å². The van der Waals surface area contributed by atoms with Gasteiger partial charge in [-0.3, -0.25) is 0 Å². The Morgan fingerprint density at radius 1 is 0.208 bits per heavy atom. The van der Waals surface area contributed by atoms with E-state index in [1.807, 2.05) is 0 Å². The topological polar surface area (TPSA) is 269 Å². The van der Waals surface area contributed by atoms with Gasteiger partial charge in [0.05, 0.1) is 0 Å². The van der Waals surface area contributed by atoms with Crippen molar-refractivity contribution in [1.29, 1.82) is 0 Å². The average Bonchev–Trinajstić information content (AvgIpc) is 3.35. The van der Waals surface area contributed by atoms with Crippen molar-refractivity contribution in [2.75, 3.05) is 119 Å². The number of rotatable bonds is 54. The number of carbonyl (C=O) groups is 6. The van der Waals surface area contributed by atoms with Gasteiger partial charge in [-0.2, -0.15) is 0 Å². The van der Waals surface area contributed by atoms with E-state index in [9.17, 15) is 28.8 Å². The molecule has 0 fully saturated rings. The number of carbonyl (C=O) groups excluding carboxylic acids is 6. The summed E-state index contributed by atoms with van der Waals surface area (Å²) in [7, 11) is 0. The van der Waals surface area contributed by atoms with E-state index in [4.69, 9.17) is 82.7 Å². The first kappa shape index (κ1) is 77.1. The van der Waals surface area contributed by atoms with Gasteiger partial charge in [0.2, 0.25) is 0 Å². The van der Waals surface area contributed by atoms with Crippen LogP contribution in [0.3, 0.4) is 0 Å². The van der Waals surface area contributed by atoms with Gasteiger partial charge in [-0.05, 0) is 0 Å². The molecule has 452 valence electrons. The summed E-state index contributed by atoms with van der Waals surface area (Å²) in [5.74, 6) is -2.12. The van der Waals surface area contributed by atoms with Crippen LogP contribution < -0.4 is 0 Å². The van der Waals surface area contributed by atoms with Crippen LogP contribution in [0.15, 0.2) is 0 Å². The zero-order valence-corrected chi connectivity index (χ0v) is 56.0. The molecule has 0 bridgehead atoms. The van der Waals surface area contributed by atoms with E-state index in [0.717, 1.165) is 0 Å². The molecular weight excluding hydrogens is 1360 g/mol. The van der Waals surface area contributed by atoms with Crippen molar-refractivity contribution in [3.05, 3.63) is 0 Å². The van der Waals surface area contributed by atoms with Crippen LogP contribution in [0.1, 0.15) is 138 Å². The van der Waals surface area contributed by atoms with Gasteiger partial charge in [-0.25, -0.2) is 0 Å². The van der Waals surface area contributed by atoms with Gasteiger partial charge in [-0.15, -0.1) is 0 Å². The molecule has 32 heteroatoms. The average molecular weight is 1450 g/mol. The molecule has 0 aliphatic carbocycles. The molecule has 77 heavy (non-hydrogen) atoms. The van der Waals surface area contributed by atoms with Crippen molar-refractivity contribution in [2.45, 2.75) is 138 Å². The molecule has 0 unspecified atom stereocenters. The van der Waals surface area contributed by atoms with E-state index in [-0.39, 0.29) is 115 Å². The molecule has 0 rings (SSSR count). The zero-order valence-electron chi connectivity index (χ0n) is 45.6. The molecule has 0 aromatic carbocycles. The Morgan fingerprint density at radius 3 is 0.429 bits per heavy atom. The Morgan fingerprint density at radius 2 is 0.312 bits per heavy atom. The van der Waals surface area contributed by atoms with Crippen LogP contribution in [-0.2, 0) is 111 Å². The Hall–Kier alpha value is 0.138. The van der Waals surface area contributed by atoms with Gasteiger partial charge in [0.25, 0.3) is 0 Å². The Labute approximate surface area is 486 Å². The fourth-order valence-corrected chi connectivity index (χ4v) is 16.0. The van der Waals surface area contributed by atoms with Crippen LogP contribution in [0, 0.1) is 0 Å². The maximum absolute atomic E-state index is 11.2. The SMILES string of the molecule is CC(=O)OCCCCOP(=[Se])(OCCCCOC(C)=O)OCCCOP(=[Se])(OCCCOP(=[Se])(OCCCCOC(C)=O)OCCCCOC(C)=O)OCCCOP(=[Se])(OCCCCOC(C)=O)OCCCCOC(C)=O. The van der Waals surface area contributed by atoms with Gasteiger partial charge >= 0.3 is 489 Å². The first-order chi connectivity index (χ1) is 36.6. The molecule has 0 N–H and O–H groups in total. The van der Waals surface area contributed by atoms with E-state index < -0.39 is 24.8 Å². The van der Waals surface area contributed by atoms with Crippen molar-refractivity contribution in [3.8, 4) is 0 Å². The van der Waals surface area contributed by atoms with Crippen LogP contribution in [0.5, 0.6) is 0 Å². The molecular formula is C45H84O24P4Se4. The van der Waals surface area contributed by atoms with Gasteiger partial charge in [0, 0.05) is 0 Å². The van der Waals surface area contributed by atoms with Crippen molar-refractivity contribution in [2.24, 2.45) is 0 Å². The third-order valence-electron chi connectivity index (χ3n) is 8.92. The molecule has 0 aromatic heterocycles. The van der Waals surface area contributed by atoms with Crippen LogP contribution >= 0.6 is 24.8 Å². The van der Waals surface area contributed by atoms with Crippen molar-refractivity contribution >= 4 is 121 Å². The molecule has 0 atom stereocenters. The van der Waals surface area contributed by atoms with E-state index in [2.05, 4.69) is 60.4 Å². The summed E-state index contributed by atoms with van der Waals surface area (Å²) in [6.07, 6.45) is -3.60. The molecule has 0 spiro atoms. The minimum atomic E-state index is -3.12. The number of hydrogen-bond acceptors (Lipinski definition) is 24.